The Hall–Kier alpha value is -4.62. The van der Waals surface area contributed by atoms with Crippen molar-refractivity contribution in [1.29, 1.82) is 0 Å². The van der Waals surface area contributed by atoms with E-state index in [1.165, 1.54) is 55.3 Å². The first-order valence-electron chi connectivity index (χ1n) is 13.3. The summed E-state index contributed by atoms with van der Waals surface area (Å²) in [5.74, 6) is 0. The van der Waals surface area contributed by atoms with Gasteiger partial charge >= 0.3 is 0 Å². The maximum atomic E-state index is 3.83. The minimum Gasteiger partial charge on any atom is -0.355 e. The molecule has 1 aliphatic carbocycles. The van der Waals surface area contributed by atoms with Crippen LogP contribution in [0.1, 0.15) is 25.0 Å². The van der Waals surface area contributed by atoms with E-state index >= 15 is 0 Å². The minimum atomic E-state index is 0.00713. The molecule has 0 atom stereocenters. The maximum absolute atomic E-state index is 3.83. The smallest absolute Gasteiger partial charge is 0.0470 e. The van der Waals surface area contributed by atoms with E-state index in [9.17, 15) is 0 Å². The molecule has 1 heteroatoms. The Morgan fingerprint density at radius 2 is 1.16 bits per heavy atom. The molecule has 1 N–H and O–H groups in total. The summed E-state index contributed by atoms with van der Waals surface area (Å²) in [5.41, 5.74) is 12.6. The Kier molecular flexibility index (Phi) is 5.19. The van der Waals surface area contributed by atoms with Gasteiger partial charge in [-0.05, 0) is 67.9 Å². The zero-order chi connectivity index (χ0) is 25.7. The Morgan fingerprint density at radius 3 is 2.00 bits per heavy atom. The summed E-state index contributed by atoms with van der Waals surface area (Å²) >= 11 is 0. The second kappa shape index (κ2) is 8.75. The van der Waals surface area contributed by atoms with Gasteiger partial charge in [-0.15, -0.1) is 0 Å². The number of rotatable bonds is 4. The van der Waals surface area contributed by atoms with Gasteiger partial charge in [-0.3, -0.25) is 0 Å². The lowest BCUT2D eigenvalue weighted by Gasteiger charge is -2.22. The monoisotopic (exact) mass is 487 g/mol. The van der Waals surface area contributed by atoms with Crippen LogP contribution in [-0.4, -0.2) is 0 Å². The molecule has 7 rings (SSSR count). The minimum absolute atomic E-state index is 0.00713. The van der Waals surface area contributed by atoms with Crippen LogP contribution in [0.5, 0.6) is 0 Å². The molecular formula is C37H29N. The van der Waals surface area contributed by atoms with Crippen molar-refractivity contribution in [2.24, 2.45) is 0 Å². The third-order valence-electron chi connectivity index (χ3n) is 8.07. The number of anilines is 2. The van der Waals surface area contributed by atoms with Crippen molar-refractivity contribution < 1.29 is 0 Å². The molecule has 0 bridgehead atoms. The van der Waals surface area contributed by atoms with Gasteiger partial charge < -0.3 is 5.32 Å². The van der Waals surface area contributed by atoms with Crippen LogP contribution in [0.2, 0.25) is 0 Å². The molecule has 6 aromatic rings. The Labute approximate surface area is 224 Å². The van der Waals surface area contributed by atoms with Gasteiger partial charge in [-0.1, -0.05) is 129 Å². The molecule has 0 heterocycles. The molecule has 0 saturated heterocycles. The largest absolute Gasteiger partial charge is 0.355 e. The van der Waals surface area contributed by atoms with Crippen LogP contribution in [0.15, 0.2) is 133 Å². The van der Waals surface area contributed by atoms with E-state index in [2.05, 4.69) is 153 Å². The molecule has 0 saturated carbocycles. The fourth-order valence-electron chi connectivity index (χ4n) is 6.19. The number of benzene rings is 6. The molecule has 0 amide bonds. The van der Waals surface area contributed by atoms with Crippen LogP contribution in [0.4, 0.5) is 11.4 Å². The van der Waals surface area contributed by atoms with Gasteiger partial charge in [0.05, 0.1) is 0 Å². The lowest BCUT2D eigenvalue weighted by molar-refractivity contribution is 0.660. The van der Waals surface area contributed by atoms with Gasteiger partial charge in [-0.25, -0.2) is 0 Å². The van der Waals surface area contributed by atoms with Gasteiger partial charge in [-0.2, -0.15) is 0 Å². The van der Waals surface area contributed by atoms with E-state index in [1.807, 2.05) is 0 Å². The highest BCUT2D eigenvalue weighted by atomic mass is 14.9. The molecule has 0 spiro atoms. The van der Waals surface area contributed by atoms with Crippen molar-refractivity contribution in [2.45, 2.75) is 19.3 Å². The first-order valence-corrected chi connectivity index (χ1v) is 13.3. The van der Waals surface area contributed by atoms with Crippen LogP contribution < -0.4 is 5.32 Å². The normalized spacial score (nSPS) is 13.2. The average Bonchev–Trinajstić information content (AvgIpc) is 3.19. The van der Waals surface area contributed by atoms with Crippen LogP contribution in [0.3, 0.4) is 0 Å². The van der Waals surface area contributed by atoms with Crippen molar-refractivity contribution in [3.63, 3.8) is 0 Å². The SMILES string of the molecule is CC1(C)c2ccccc2-c2cc(Nc3ccc4ccccc4c3-c3ccccc3-c3ccccc3)ccc21. The van der Waals surface area contributed by atoms with Crippen molar-refractivity contribution in [1.82, 2.24) is 0 Å². The third kappa shape index (κ3) is 3.55. The van der Waals surface area contributed by atoms with E-state index in [-0.39, 0.29) is 5.41 Å². The fourth-order valence-corrected chi connectivity index (χ4v) is 6.19. The van der Waals surface area contributed by atoms with Gasteiger partial charge in [0.2, 0.25) is 0 Å². The maximum Gasteiger partial charge on any atom is 0.0470 e. The van der Waals surface area contributed by atoms with Gasteiger partial charge in [0.25, 0.3) is 0 Å². The predicted molar refractivity (Wildman–Crippen MR) is 162 cm³/mol. The highest BCUT2D eigenvalue weighted by molar-refractivity contribution is 6.06. The molecule has 38 heavy (non-hydrogen) atoms. The molecule has 1 aliphatic rings. The topological polar surface area (TPSA) is 12.0 Å². The number of hydrogen-bond donors (Lipinski definition) is 1. The lowest BCUT2D eigenvalue weighted by atomic mass is 9.82. The second-order valence-corrected chi connectivity index (χ2v) is 10.7. The molecule has 0 aromatic heterocycles. The zero-order valence-electron chi connectivity index (χ0n) is 21.7. The molecule has 0 fully saturated rings. The summed E-state index contributed by atoms with van der Waals surface area (Å²) in [7, 11) is 0. The van der Waals surface area contributed by atoms with E-state index in [4.69, 9.17) is 0 Å². The zero-order valence-corrected chi connectivity index (χ0v) is 21.7. The first-order chi connectivity index (χ1) is 18.6. The molecule has 0 radical (unpaired) electrons. The predicted octanol–water partition coefficient (Wildman–Crippen LogP) is 10.2. The standard InChI is InChI=1S/C37H29N/c1-37(2)33-19-11-10-17-30(33)32-24-27(21-22-34(32)37)38-35-23-20-26-14-6-7-16-29(26)36(35)31-18-9-8-15-28(31)25-12-4-3-5-13-25/h3-24,38H,1-2H3. The summed E-state index contributed by atoms with van der Waals surface area (Å²) < 4.78 is 0. The van der Waals surface area contributed by atoms with E-state index in [0.29, 0.717) is 0 Å². The summed E-state index contributed by atoms with van der Waals surface area (Å²) in [5, 5.41) is 6.31. The van der Waals surface area contributed by atoms with Crippen LogP contribution in [0.25, 0.3) is 44.2 Å². The Morgan fingerprint density at radius 1 is 0.500 bits per heavy atom. The van der Waals surface area contributed by atoms with Crippen molar-refractivity contribution in [2.75, 3.05) is 5.32 Å². The van der Waals surface area contributed by atoms with Crippen LogP contribution >= 0.6 is 0 Å². The van der Waals surface area contributed by atoms with E-state index in [0.717, 1.165) is 11.4 Å². The highest BCUT2D eigenvalue weighted by Gasteiger charge is 2.35. The number of fused-ring (bicyclic) bond motifs is 4. The second-order valence-electron chi connectivity index (χ2n) is 10.7. The molecule has 182 valence electrons. The summed E-state index contributed by atoms with van der Waals surface area (Å²) in [6.45, 7) is 4.65. The lowest BCUT2D eigenvalue weighted by Crippen LogP contribution is -2.14. The average molecular weight is 488 g/mol. The molecular weight excluding hydrogens is 458 g/mol. The van der Waals surface area contributed by atoms with Crippen molar-refractivity contribution >= 4 is 22.1 Å². The van der Waals surface area contributed by atoms with E-state index < -0.39 is 0 Å². The Bertz CT molecular complexity index is 1810. The van der Waals surface area contributed by atoms with Crippen LogP contribution in [-0.2, 0) is 5.41 Å². The van der Waals surface area contributed by atoms with Crippen LogP contribution in [0, 0.1) is 0 Å². The fraction of sp³-hybridized carbons (Fsp3) is 0.0811. The first kappa shape index (κ1) is 22.6. The van der Waals surface area contributed by atoms with Gasteiger partial charge in [0.15, 0.2) is 0 Å². The molecule has 1 nitrogen and oxygen atoms in total. The quantitative estimate of drug-likeness (QED) is 0.261. The summed E-state index contributed by atoms with van der Waals surface area (Å²) in [4.78, 5) is 0. The van der Waals surface area contributed by atoms with Gasteiger partial charge in [0.1, 0.15) is 0 Å². The number of nitrogens with one attached hydrogen (secondary N) is 1. The molecule has 6 aromatic carbocycles. The summed E-state index contributed by atoms with van der Waals surface area (Å²) in [6, 6.07) is 48.2. The number of hydrogen-bond acceptors (Lipinski definition) is 1. The highest BCUT2D eigenvalue weighted by Crippen LogP contribution is 2.50. The van der Waals surface area contributed by atoms with Gasteiger partial charge in [0, 0.05) is 22.4 Å². The van der Waals surface area contributed by atoms with Crippen molar-refractivity contribution in [3.05, 3.63) is 145 Å². The molecule has 0 aliphatic heterocycles. The van der Waals surface area contributed by atoms with E-state index in [1.54, 1.807) is 0 Å². The third-order valence-corrected chi connectivity index (χ3v) is 8.07. The van der Waals surface area contributed by atoms with Crippen molar-refractivity contribution in [3.8, 4) is 33.4 Å². The summed E-state index contributed by atoms with van der Waals surface area (Å²) in [6.07, 6.45) is 0. The Balaban J connectivity index is 1.41. The molecule has 0 unspecified atom stereocenters.